The highest BCUT2D eigenvalue weighted by molar-refractivity contribution is 5.92. The summed E-state index contributed by atoms with van der Waals surface area (Å²) in [5.74, 6) is -0.589. The van der Waals surface area contributed by atoms with Crippen LogP contribution in [0.15, 0.2) is 60.7 Å². The van der Waals surface area contributed by atoms with Crippen molar-refractivity contribution in [1.29, 1.82) is 0 Å². The van der Waals surface area contributed by atoms with E-state index in [1.54, 1.807) is 4.90 Å². The Labute approximate surface area is 153 Å². The lowest BCUT2D eigenvalue weighted by molar-refractivity contribution is -0.133. The number of nitrogens with zero attached hydrogens (tertiary/aromatic N) is 1. The Morgan fingerprint density at radius 1 is 1.15 bits per heavy atom. The second-order valence-corrected chi connectivity index (χ2v) is 6.87. The first-order valence-electron chi connectivity index (χ1n) is 8.78. The van der Waals surface area contributed by atoms with Crippen LogP contribution in [0, 0.1) is 5.41 Å². The lowest BCUT2D eigenvalue weighted by atomic mass is 9.87. The summed E-state index contributed by atoms with van der Waals surface area (Å²) in [5.41, 5.74) is 0.600. The average Bonchev–Trinajstić information content (AvgIpc) is 3.05. The number of likely N-dealkylation sites (tertiary alicyclic amines) is 1. The van der Waals surface area contributed by atoms with Crippen molar-refractivity contribution in [2.24, 2.45) is 5.41 Å². The molecule has 0 spiro atoms. The van der Waals surface area contributed by atoms with E-state index in [9.17, 15) is 14.0 Å². The Bertz CT molecular complexity index is 766. The number of amides is 2. The van der Waals surface area contributed by atoms with E-state index in [2.05, 4.69) is 5.32 Å². The fraction of sp³-hybridized carbons (Fsp3) is 0.333. The van der Waals surface area contributed by atoms with E-state index in [0.29, 0.717) is 6.54 Å². The van der Waals surface area contributed by atoms with Gasteiger partial charge in [-0.15, -0.1) is 0 Å². The summed E-state index contributed by atoms with van der Waals surface area (Å²) in [5, 5.41) is 2.79. The zero-order chi connectivity index (χ0) is 18.6. The highest BCUT2D eigenvalue weighted by Crippen LogP contribution is 2.37. The molecule has 5 heteroatoms. The van der Waals surface area contributed by atoms with Crippen molar-refractivity contribution >= 4 is 11.8 Å². The van der Waals surface area contributed by atoms with E-state index in [1.165, 1.54) is 0 Å². The summed E-state index contributed by atoms with van der Waals surface area (Å²) in [6, 6.07) is 18.8. The van der Waals surface area contributed by atoms with Gasteiger partial charge >= 0.3 is 0 Å². The third-order valence-corrected chi connectivity index (χ3v) is 5.07. The third kappa shape index (κ3) is 3.62. The smallest absolute Gasteiger partial charge is 0.231 e. The van der Waals surface area contributed by atoms with Gasteiger partial charge in [-0.3, -0.25) is 9.59 Å². The summed E-state index contributed by atoms with van der Waals surface area (Å²) in [4.78, 5) is 26.8. The zero-order valence-electron chi connectivity index (χ0n) is 14.8. The number of hydrogen-bond acceptors (Lipinski definition) is 2. The minimum absolute atomic E-state index is 0.0959. The van der Waals surface area contributed by atoms with Crippen LogP contribution in [0.2, 0.25) is 0 Å². The number of benzene rings is 2. The number of nitrogens with one attached hydrogen (secondary N) is 1. The van der Waals surface area contributed by atoms with Gasteiger partial charge in [0.1, 0.15) is 12.1 Å². The van der Waals surface area contributed by atoms with Crippen LogP contribution in [0.4, 0.5) is 4.39 Å². The quantitative estimate of drug-likeness (QED) is 0.866. The van der Waals surface area contributed by atoms with Crippen LogP contribution in [0.3, 0.4) is 0 Å². The highest BCUT2D eigenvalue weighted by Gasteiger charge is 2.50. The van der Waals surface area contributed by atoms with Crippen LogP contribution in [0.5, 0.6) is 0 Å². The molecule has 0 radical (unpaired) electrons. The fourth-order valence-electron chi connectivity index (χ4n) is 3.39. The molecule has 1 fully saturated rings. The van der Waals surface area contributed by atoms with Gasteiger partial charge in [0, 0.05) is 19.5 Å². The molecule has 0 saturated carbocycles. The molecule has 2 amide bonds. The van der Waals surface area contributed by atoms with Crippen molar-refractivity contribution < 1.29 is 14.0 Å². The Morgan fingerprint density at radius 2 is 1.77 bits per heavy atom. The second-order valence-electron chi connectivity index (χ2n) is 6.87. The van der Waals surface area contributed by atoms with Gasteiger partial charge in [0.05, 0.1) is 6.04 Å². The molecule has 0 aromatic heterocycles. The second kappa shape index (κ2) is 7.68. The molecule has 136 valence electrons. The number of halogens is 1. The lowest BCUT2D eigenvalue weighted by Gasteiger charge is -2.28. The van der Waals surface area contributed by atoms with Crippen LogP contribution in [0.25, 0.3) is 0 Å². The molecule has 26 heavy (non-hydrogen) atoms. The zero-order valence-corrected chi connectivity index (χ0v) is 14.8. The van der Waals surface area contributed by atoms with Gasteiger partial charge in [-0.1, -0.05) is 60.7 Å². The molecule has 0 unspecified atom stereocenters. The summed E-state index contributed by atoms with van der Waals surface area (Å²) < 4.78 is 13.9. The van der Waals surface area contributed by atoms with E-state index >= 15 is 0 Å². The standard InChI is InChI=1S/C21H23FN2O2/c1-16(18-10-6-3-7-11-18)24-15-21(14-22,12-19(24)25)20(26)23-13-17-8-4-2-5-9-17/h2-11,16H,12-15H2,1H3,(H,23,26)/t16-,21+/m0/s1. The van der Waals surface area contributed by atoms with E-state index in [4.69, 9.17) is 0 Å². The van der Waals surface area contributed by atoms with Crippen LogP contribution in [0.1, 0.15) is 30.5 Å². The van der Waals surface area contributed by atoms with Crippen LogP contribution in [-0.4, -0.2) is 29.9 Å². The predicted molar refractivity (Wildman–Crippen MR) is 97.9 cm³/mol. The van der Waals surface area contributed by atoms with Crippen molar-refractivity contribution in [1.82, 2.24) is 10.2 Å². The lowest BCUT2D eigenvalue weighted by Crippen LogP contribution is -2.44. The molecule has 1 heterocycles. The van der Waals surface area contributed by atoms with Gasteiger partial charge in [-0.2, -0.15) is 0 Å². The molecule has 1 aliphatic heterocycles. The number of carbonyl (C=O) groups excluding carboxylic acids is 2. The van der Waals surface area contributed by atoms with Gasteiger partial charge in [0.25, 0.3) is 0 Å². The molecule has 1 saturated heterocycles. The summed E-state index contributed by atoms with van der Waals surface area (Å²) in [6.07, 6.45) is -0.0959. The first-order valence-corrected chi connectivity index (χ1v) is 8.78. The number of alkyl halides is 1. The Balaban J connectivity index is 1.71. The van der Waals surface area contributed by atoms with E-state index < -0.39 is 18.0 Å². The van der Waals surface area contributed by atoms with Crippen LogP contribution < -0.4 is 5.32 Å². The molecule has 0 bridgehead atoms. The summed E-state index contributed by atoms with van der Waals surface area (Å²) in [7, 11) is 0. The van der Waals surface area contributed by atoms with Crippen LogP contribution >= 0.6 is 0 Å². The topological polar surface area (TPSA) is 49.4 Å². The predicted octanol–water partition coefficient (Wildman–Crippen LogP) is 3.25. The van der Waals surface area contributed by atoms with E-state index in [1.807, 2.05) is 67.6 Å². The number of hydrogen-bond donors (Lipinski definition) is 1. The van der Waals surface area contributed by atoms with Gasteiger partial charge in [-0.05, 0) is 18.1 Å². The highest BCUT2D eigenvalue weighted by atomic mass is 19.1. The Kier molecular flexibility index (Phi) is 5.35. The van der Waals surface area contributed by atoms with Gasteiger partial charge in [-0.25, -0.2) is 4.39 Å². The van der Waals surface area contributed by atoms with Crippen molar-refractivity contribution in [2.75, 3.05) is 13.2 Å². The molecular weight excluding hydrogens is 331 g/mol. The van der Waals surface area contributed by atoms with Crippen LogP contribution in [-0.2, 0) is 16.1 Å². The molecule has 0 aliphatic carbocycles. The van der Waals surface area contributed by atoms with E-state index in [-0.39, 0.29) is 24.9 Å². The minimum Gasteiger partial charge on any atom is -0.351 e. The average molecular weight is 354 g/mol. The largest absolute Gasteiger partial charge is 0.351 e. The molecular formula is C21H23FN2O2. The van der Waals surface area contributed by atoms with Gasteiger partial charge in [0.2, 0.25) is 11.8 Å². The fourth-order valence-corrected chi connectivity index (χ4v) is 3.39. The SMILES string of the molecule is C[C@@H](c1ccccc1)N1C[C@@](CF)(C(=O)NCc2ccccc2)CC1=O. The summed E-state index contributed by atoms with van der Waals surface area (Å²) >= 11 is 0. The Morgan fingerprint density at radius 3 is 2.38 bits per heavy atom. The normalized spacial score (nSPS) is 20.8. The maximum absolute atomic E-state index is 13.9. The van der Waals surface area contributed by atoms with E-state index in [0.717, 1.165) is 11.1 Å². The molecule has 1 aliphatic rings. The Hall–Kier alpha value is -2.69. The molecule has 4 nitrogen and oxygen atoms in total. The molecule has 2 aromatic carbocycles. The molecule has 2 atom stereocenters. The molecule has 3 rings (SSSR count). The number of carbonyl (C=O) groups is 2. The summed E-state index contributed by atoms with van der Waals surface area (Å²) in [6.45, 7) is 1.48. The first-order chi connectivity index (χ1) is 12.6. The molecule has 1 N–H and O–H groups in total. The third-order valence-electron chi connectivity index (χ3n) is 5.07. The van der Waals surface area contributed by atoms with Crippen molar-refractivity contribution in [2.45, 2.75) is 25.9 Å². The molecule has 2 aromatic rings. The first kappa shape index (κ1) is 18.1. The minimum atomic E-state index is -1.31. The van der Waals surface area contributed by atoms with Crippen molar-refractivity contribution in [3.63, 3.8) is 0 Å². The van der Waals surface area contributed by atoms with Crippen molar-refractivity contribution in [3.05, 3.63) is 71.8 Å². The maximum atomic E-state index is 13.9. The van der Waals surface area contributed by atoms with Gasteiger partial charge < -0.3 is 10.2 Å². The maximum Gasteiger partial charge on any atom is 0.231 e. The van der Waals surface area contributed by atoms with Gasteiger partial charge in [0.15, 0.2) is 0 Å². The van der Waals surface area contributed by atoms with Crippen molar-refractivity contribution in [3.8, 4) is 0 Å². The monoisotopic (exact) mass is 354 g/mol. The number of rotatable bonds is 6.